The van der Waals surface area contributed by atoms with E-state index in [0.717, 1.165) is 0 Å². The highest BCUT2D eigenvalue weighted by atomic mass is 31.2. The van der Waals surface area contributed by atoms with Crippen molar-refractivity contribution in [3.63, 3.8) is 0 Å². The fourth-order valence-corrected chi connectivity index (χ4v) is 4.13. The summed E-state index contributed by atoms with van der Waals surface area (Å²) in [6.45, 7) is 3.38. The third-order valence-corrected chi connectivity index (χ3v) is 7.45. The second-order valence-corrected chi connectivity index (χ2v) is 9.93. The fraction of sp³-hybridized carbons (Fsp3) is 1.00. The van der Waals surface area contributed by atoms with E-state index in [1.807, 2.05) is 6.92 Å². The van der Waals surface area contributed by atoms with E-state index in [0.29, 0.717) is 57.8 Å². The molecule has 0 aliphatic heterocycles. The van der Waals surface area contributed by atoms with Gasteiger partial charge in [0.05, 0.1) is 25.5 Å². The zero-order valence-electron chi connectivity index (χ0n) is 16.0. The SMILES string of the molecule is CCN(OCCCCP(=O)(OC)OC)OCCCCP(=O)(OC)OC. The molecule has 0 saturated heterocycles. The average Bonchev–Trinajstić information content (AvgIpc) is 2.65. The van der Waals surface area contributed by atoms with Gasteiger partial charge >= 0.3 is 15.2 Å². The molecular weight excluding hydrogens is 372 g/mol. The van der Waals surface area contributed by atoms with Crippen LogP contribution in [0.15, 0.2) is 0 Å². The molecule has 9 nitrogen and oxygen atoms in total. The van der Waals surface area contributed by atoms with Crippen molar-refractivity contribution in [3.8, 4) is 0 Å². The molecule has 0 aromatic heterocycles. The van der Waals surface area contributed by atoms with Crippen molar-refractivity contribution in [1.82, 2.24) is 5.23 Å². The van der Waals surface area contributed by atoms with E-state index < -0.39 is 15.2 Å². The minimum Gasteiger partial charge on any atom is -0.312 e. The lowest BCUT2D eigenvalue weighted by atomic mass is 10.4. The predicted molar refractivity (Wildman–Crippen MR) is 95.7 cm³/mol. The van der Waals surface area contributed by atoms with Crippen LogP contribution < -0.4 is 0 Å². The molecule has 0 aromatic rings. The lowest BCUT2D eigenvalue weighted by Crippen LogP contribution is -2.25. The monoisotopic (exact) mass is 405 g/mol. The largest absolute Gasteiger partial charge is 0.330 e. The van der Waals surface area contributed by atoms with Crippen LogP contribution in [0.4, 0.5) is 0 Å². The summed E-state index contributed by atoms with van der Waals surface area (Å²) < 4.78 is 43.2. The van der Waals surface area contributed by atoms with Crippen molar-refractivity contribution in [2.75, 3.05) is 60.5 Å². The molecule has 0 spiro atoms. The van der Waals surface area contributed by atoms with Gasteiger partial charge in [0.1, 0.15) is 0 Å². The van der Waals surface area contributed by atoms with Crippen molar-refractivity contribution in [3.05, 3.63) is 0 Å². The Morgan fingerprint density at radius 3 is 1.32 bits per heavy atom. The molecule has 0 bridgehead atoms. The summed E-state index contributed by atoms with van der Waals surface area (Å²) in [5.74, 6) is 0. The third kappa shape index (κ3) is 11.5. The average molecular weight is 405 g/mol. The summed E-state index contributed by atoms with van der Waals surface area (Å²) in [7, 11) is -0.359. The highest BCUT2D eigenvalue weighted by Gasteiger charge is 2.20. The van der Waals surface area contributed by atoms with Gasteiger partial charge in [0.25, 0.3) is 0 Å². The minimum absolute atomic E-state index is 0.357. The van der Waals surface area contributed by atoms with Crippen LogP contribution in [0.2, 0.25) is 0 Å². The molecule has 0 unspecified atom stereocenters. The van der Waals surface area contributed by atoms with Gasteiger partial charge in [0, 0.05) is 35.0 Å². The maximum Gasteiger partial charge on any atom is 0.330 e. The number of hydroxylamine groups is 2. The maximum atomic E-state index is 11.9. The molecule has 0 rings (SSSR count). The van der Waals surface area contributed by atoms with E-state index in [4.69, 9.17) is 27.8 Å². The molecule has 0 aromatic carbocycles. The van der Waals surface area contributed by atoms with Crippen molar-refractivity contribution < 1.29 is 36.9 Å². The van der Waals surface area contributed by atoms with Crippen molar-refractivity contribution >= 4 is 15.2 Å². The maximum absolute atomic E-state index is 11.9. The normalized spacial score (nSPS) is 12.9. The smallest absolute Gasteiger partial charge is 0.312 e. The van der Waals surface area contributed by atoms with Crippen LogP contribution in [0, 0.1) is 0 Å². The summed E-state index contributed by atoms with van der Waals surface area (Å²) in [6.07, 6.45) is 3.47. The molecule has 25 heavy (non-hydrogen) atoms. The number of hydrogen-bond donors (Lipinski definition) is 0. The lowest BCUT2D eigenvalue weighted by molar-refractivity contribution is -0.366. The summed E-state index contributed by atoms with van der Waals surface area (Å²) in [4.78, 5) is 11.0. The second-order valence-electron chi connectivity index (χ2n) is 5.13. The highest BCUT2D eigenvalue weighted by Crippen LogP contribution is 2.47. The first kappa shape index (κ1) is 25.2. The summed E-state index contributed by atoms with van der Waals surface area (Å²) >= 11 is 0. The molecule has 0 saturated carbocycles. The van der Waals surface area contributed by atoms with Gasteiger partial charge in [-0.1, -0.05) is 5.23 Å². The minimum atomic E-state index is -2.94. The quantitative estimate of drug-likeness (QED) is 0.204. The Balaban J connectivity index is 3.79. The van der Waals surface area contributed by atoms with Gasteiger partial charge in [0.2, 0.25) is 0 Å². The fourth-order valence-electron chi connectivity index (χ4n) is 1.88. The molecule has 0 aliphatic carbocycles. The van der Waals surface area contributed by atoms with Crippen LogP contribution in [0.5, 0.6) is 0 Å². The number of rotatable bonds is 17. The molecule has 0 aliphatic rings. The van der Waals surface area contributed by atoms with E-state index >= 15 is 0 Å². The predicted octanol–water partition coefficient (Wildman–Crippen LogP) is 3.70. The molecular formula is C14H33NO8P2. The molecule has 152 valence electrons. The second kappa shape index (κ2) is 14.3. The van der Waals surface area contributed by atoms with Crippen LogP contribution >= 0.6 is 15.2 Å². The Labute approximate surface area is 151 Å². The number of unbranched alkanes of at least 4 members (excludes halogenated alkanes) is 2. The Morgan fingerprint density at radius 1 is 0.680 bits per heavy atom. The molecule has 0 fully saturated rings. The van der Waals surface area contributed by atoms with Crippen molar-refractivity contribution in [2.45, 2.75) is 32.6 Å². The molecule has 0 radical (unpaired) electrons. The van der Waals surface area contributed by atoms with Crippen LogP contribution in [0.25, 0.3) is 0 Å². The van der Waals surface area contributed by atoms with Gasteiger partial charge in [-0.3, -0.25) is 18.8 Å². The third-order valence-electron chi connectivity index (χ3n) is 3.49. The van der Waals surface area contributed by atoms with Gasteiger partial charge in [0.15, 0.2) is 0 Å². The van der Waals surface area contributed by atoms with E-state index in [2.05, 4.69) is 0 Å². The zero-order valence-corrected chi connectivity index (χ0v) is 17.8. The van der Waals surface area contributed by atoms with Crippen LogP contribution in [-0.2, 0) is 36.9 Å². The van der Waals surface area contributed by atoms with Gasteiger partial charge in [-0.2, -0.15) is 0 Å². The Kier molecular flexibility index (Phi) is 14.4. The van der Waals surface area contributed by atoms with Gasteiger partial charge in [-0.25, -0.2) is 0 Å². The van der Waals surface area contributed by atoms with Crippen LogP contribution in [0.1, 0.15) is 32.6 Å². The lowest BCUT2D eigenvalue weighted by Gasteiger charge is -2.20. The summed E-state index contributed by atoms with van der Waals surface area (Å²) in [5.41, 5.74) is 0. The standard InChI is InChI=1S/C14H33NO8P2/c1-6-15(22-11-7-9-13-24(16,18-2)19-3)23-12-8-10-14-25(17,20-4)21-5/h6-14H2,1-5H3. The van der Waals surface area contributed by atoms with Crippen LogP contribution in [-0.4, -0.2) is 65.7 Å². The van der Waals surface area contributed by atoms with E-state index in [1.54, 1.807) is 0 Å². The van der Waals surface area contributed by atoms with Crippen LogP contribution in [0.3, 0.4) is 0 Å². The number of hydrogen-bond acceptors (Lipinski definition) is 9. The molecule has 0 N–H and O–H groups in total. The van der Waals surface area contributed by atoms with E-state index in [9.17, 15) is 9.13 Å². The van der Waals surface area contributed by atoms with E-state index in [-0.39, 0.29) is 0 Å². The van der Waals surface area contributed by atoms with Gasteiger partial charge in [-0.15, -0.1) is 0 Å². The van der Waals surface area contributed by atoms with Gasteiger partial charge in [-0.05, 0) is 32.6 Å². The molecule has 0 amide bonds. The number of nitrogens with zero attached hydrogens (tertiary/aromatic N) is 1. The summed E-state index contributed by atoms with van der Waals surface area (Å²) in [6, 6.07) is 0. The van der Waals surface area contributed by atoms with Gasteiger partial charge < -0.3 is 18.1 Å². The summed E-state index contributed by atoms with van der Waals surface area (Å²) in [5, 5.41) is 1.42. The first-order chi connectivity index (χ1) is 11.9. The van der Waals surface area contributed by atoms with Crippen molar-refractivity contribution in [1.29, 1.82) is 0 Å². The van der Waals surface area contributed by atoms with Crippen molar-refractivity contribution in [2.24, 2.45) is 0 Å². The zero-order chi connectivity index (χ0) is 19.2. The highest BCUT2D eigenvalue weighted by molar-refractivity contribution is 7.54. The molecule has 0 heterocycles. The molecule has 0 atom stereocenters. The Morgan fingerprint density at radius 2 is 1.04 bits per heavy atom. The van der Waals surface area contributed by atoms with E-state index in [1.165, 1.54) is 33.7 Å². The Bertz CT molecular complexity index is 372. The topological polar surface area (TPSA) is 92.8 Å². The first-order valence-electron chi connectivity index (χ1n) is 8.33. The first-order valence-corrected chi connectivity index (χ1v) is 11.8. The molecule has 11 heteroatoms. The Hall–Kier alpha value is 0.180.